The van der Waals surface area contributed by atoms with Crippen LogP contribution in [0.5, 0.6) is 6.01 Å². The molecule has 0 saturated carbocycles. The monoisotopic (exact) mass is 289 g/mol. The summed E-state index contributed by atoms with van der Waals surface area (Å²) in [7, 11) is 3.03. The van der Waals surface area contributed by atoms with Crippen molar-refractivity contribution in [3.05, 3.63) is 12.3 Å². The number of imidazole rings is 1. The van der Waals surface area contributed by atoms with Gasteiger partial charge in [-0.2, -0.15) is 4.98 Å². The highest BCUT2D eigenvalue weighted by molar-refractivity contribution is 6.62. The summed E-state index contributed by atoms with van der Waals surface area (Å²) in [5, 5.41) is 0. The molecule has 1 aliphatic rings. The summed E-state index contributed by atoms with van der Waals surface area (Å²) in [5.41, 5.74) is 1.67. The van der Waals surface area contributed by atoms with Crippen molar-refractivity contribution >= 4 is 23.7 Å². The summed E-state index contributed by atoms with van der Waals surface area (Å²) in [4.78, 5) is 8.85. The Labute approximate surface area is 124 Å². The summed E-state index contributed by atoms with van der Waals surface area (Å²) in [6.07, 6.45) is 1.77. The number of ether oxygens (including phenoxy) is 1. The molecule has 1 fully saturated rings. The molecular weight excluding hydrogens is 269 g/mol. The second kappa shape index (κ2) is 4.45. The highest BCUT2D eigenvalue weighted by Crippen LogP contribution is 2.36. The third-order valence-corrected chi connectivity index (χ3v) is 4.40. The number of rotatable bonds is 2. The van der Waals surface area contributed by atoms with Crippen molar-refractivity contribution in [2.75, 3.05) is 7.11 Å². The molecule has 0 spiro atoms. The van der Waals surface area contributed by atoms with Crippen molar-refractivity contribution in [1.29, 1.82) is 0 Å². The van der Waals surface area contributed by atoms with E-state index in [9.17, 15) is 0 Å². The van der Waals surface area contributed by atoms with E-state index < -0.39 is 7.12 Å². The van der Waals surface area contributed by atoms with Crippen LogP contribution >= 0.6 is 0 Å². The van der Waals surface area contributed by atoms with Crippen molar-refractivity contribution in [1.82, 2.24) is 14.5 Å². The lowest BCUT2D eigenvalue weighted by Crippen LogP contribution is -2.41. The smallest absolute Gasteiger partial charge is 0.468 e. The van der Waals surface area contributed by atoms with Crippen LogP contribution in [0, 0.1) is 0 Å². The molecule has 112 valence electrons. The summed E-state index contributed by atoms with van der Waals surface area (Å²) >= 11 is 0. The minimum Gasteiger partial charge on any atom is -0.468 e. The van der Waals surface area contributed by atoms with Crippen LogP contribution in [0.2, 0.25) is 0 Å². The molecule has 0 unspecified atom stereocenters. The Balaban J connectivity index is 1.99. The largest absolute Gasteiger partial charge is 0.496 e. The van der Waals surface area contributed by atoms with Crippen molar-refractivity contribution in [2.24, 2.45) is 7.05 Å². The van der Waals surface area contributed by atoms with Gasteiger partial charge in [0, 0.05) is 18.7 Å². The second-order valence-corrected chi connectivity index (χ2v) is 6.36. The molecule has 1 aliphatic heterocycles. The highest BCUT2D eigenvalue weighted by Gasteiger charge is 2.51. The van der Waals surface area contributed by atoms with E-state index in [1.165, 1.54) is 0 Å². The normalized spacial score (nSPS) is 20.2. The Morgan fingerprint density at radius 2 is 1.81 bits per heavy atom. The lowest BCUT2D eigenvalue weighted by atomic mass is 9.80. The molecule has 21 heavy (non-hydrogen) atoms. The van der Waals surface area contributed by atoms with Gasteiger partial charge in [-0.3, -0.25) is 4.57 Å². The van der Waals surface area contributed by atoms with Gasteiger partial charge in [0.2, 0.25) is 0 Å². The van der Waals surface area contributed by atoms with Crippen molar-refractivity contribution < 1.29 is 14.0 Å². The third-order valence-electron chi connectivity index (χ3n) is 4.40. The molecule has 2 aromatic rings. The van der Waals surface area contributed by atoms with Crippen LogP contribution in [0.4, 0.5) is 0 Å². The van der Waals surface area contributed by atoms with Gasteiger partial charge in [0.15, 0.2) is 5.65 Å². The van der Waals surface area contributed by atoms with Gasteiger partial charge in [0.25, 0.3) is 6.01 Å². The van der Waals surface area contributed by atoms with Crippen LogP contribution in [0.3, 0.4) is 0 Å². The number of pyridine rings is 1. The van der Waals surface area contributed by atoms with E-state index in [4.69, 9.17) is 14.0 Å². The van der Waals surface area contributed by atoms with Crippen LogP contribution in [0.1, 0.15) is 27.7 Å². The van der Waals surface area contributed by atoms with E-state index in [2.05, 4.69) is 9.97 Å². The number of aromatic nitrogens is 3. The number of methoxy groups -OCH3 is 1. The molecule has 2 aromatic heterocycles. The third kappa shape index (κ3) is 2.11. The van der Waals surface area contributed by atoms with Gasteiger partial charge >= 0.3 is 7.12 Å². The Morgan fingerprint density at radius 1 is 1.19 bits per heavy atom. The topological polar surface area (TPSA) is 58.4 Å². The molecule has 0 bridgehead atoms. The van der Waals surface area contributed by atoms with Crippen LogP contribution in [-0.4, -0.2) is 40.0 Å². The zero-order valence-corrected chi connectivity index (χ0v) is 13.3. The number of hydrogen-bond acceptors (Lipinski definition) is 5. The van der Waals surface area contributed by atoms with Crippen LogP contribution < -0.4 is 10.2 Å². The molecule has 0 amide bonds. The maximum atomic E-state index is 6.03. The fraction of sp³-hybridized carbons (Fsp3) is 0.571. The second-order valence-electron chi connectivity index (χ2n) is 6.36. The number of nitrogens with zero attached hydrogens (tertiary/aromatic N) is 3. The maximum absolute atomic E-state index is 6.03. The number of aryl methyl sites for hydroxylation is 1. The van der Waals surface area contributed by atoms with Gasteiger partial charge in [0.05, 0.1) is 18.3 Å². The zero-order valence-electron chi connectivity index (χ0n) is 13.3. The van der Waals surface area contributed by atoms with E-state index in [0.29, 0.717) is 6.01 Å². The molecular formula is C14H20BN3O3. The predicted molar refractivity (Wildman–Crippen MR) is 80.8 cm³/mol. The number of fused-ring (bicyclic) bond motifs is 1. The van der Waals surface area contributed by atoms with Crippen LogP contribution in [-0.2, 0) is 16.4 Å². The number of hydrogen-bond donors (Lipinski definition) is 0. The zero-order chi connectivity index (χ0) is 15.4. The van der Waals surface area contributed by atoms with Gasteiger partial charge in [-0.05, 0) is 33.8 Å². The Hall–Kier alpha value is -1.60. The van der Waals surface area contributed by atoms with Gasteiger partial charge in [-0.15, -0.1) is 0 Å². The first-order chi connectivity index (χ1) is 9.75. The minimum absolute atomic E-state index is 0.367. The predicted octanol–water partition coefficient (Wildman–Crippen LogP) is 1.28. The van der Waals surface area contributed by atoms with E-state index in [1.54, 1.807) is 13.3 Å². The van der Waals surface area contributed by atoms with E-state index in [1.807, 2.05) is 45.4 Å². The summed E-state index contributed by atoms with van der Waals surface area (Å²) in [6, 6.07) is 2.47. The highest BCUT2D eigenvalue weighted by atomic mass is 16.7. The lowest BCUT2D eigenvalue weighted by molar-refractivity contribution is 0.00578. The van der Waals surface area contributed by atoms with Gasteiger partial charge < -0.3 is 14.0 Å². The molecule has 6 nitrogen and oxygen atoms in total. The average molecular weight is 289 g/mol. The maximum Gasteiger partial charge on any atom is 0.496 e. The van der Waals surface area contributed by atoms with Crippen molar-refractivity contribution in [3.8, 4) is 6.01 Å². The van der Waals surface area contributed by atoms with Gasteiger partial charge in [0.1, 0.15) is 5.52 Å². The van der Waals surface area contributed by atoms with E-state index in [0.717, 1.165) is 16.6 Å². The van der Waals surface area contributed by atoms with Crippen LogP contribution in [0.25, 0.3) is 11.2 Å². The van der Waals surface area contributed by atoms with Crippen molar-refractivity contribution in [2.45, 2.75) is 38.9 Å². The molecule has 0 aromatic carbocycles. The fourth-order valence-electron chi connectivity index (χ4n) is 2.36. The van der Waals surface area contributed by atoms with Gasteiger partial charge in [-0.25, -0.2) is 4.98 Å². The molecule has 0 aliphatic carbocycles. The Morgan fingerprint density at radius 3 is 2.38 bits per heavy atom. The van der Waals surface area contributed by atoms with Crippen molar-refractivity contribution in [3.63, 3.8) is 0 Å². The fourth-order valence-corrected chi connectivity index (χ4v) is 2.36. The lowest BCUT2D eigenvalue weighted by Gasteiger charge is -2.32. The quantitative estimate of drug-likeness (QED) is 0.779. The Bertz CT molecular complexity index is 680. The molecule has 0 radical (unpaired) electrons. The molecule has 0 N–H and O–H groups in total. The molecule has 7 heteroatoms. The summed E-state index contributed by atoms with van der Waals surface area (Å²) in [6.45, 7) is 8.12. The molecule has 1 saturated heterocycles. The standard InChI is InChI=1S/C14H20BN3O3/c1-13(2)14(3,4)21-15(20-13)9-7-10-11(16-8-9)18(5)12(17-10)19-6/h7-8H,1-6H3. The van der Waals surface area contributed by atoms with E-state index >= 15 is 0 Å². The SMILES string of the molecule is COc1nc2cc(B3OC(C)(C)C(C)(C)O3)cnc2n1C. The van der Waals surface area contributed by atoms with Gasteiger partial charge in [-0.1, -0.05) is 0 Å². The first-order valence-electron chi connectivity index (χ1n) is 6.97. The molecule has 0 atom stereocenters. The summed E-state index contributed by atoms with van der Waals surface area (Å²) < 4.78 is 19.1. The molecule has 3 heterocycles. The average Bonchev–Trinajstić information content (AvgIpc) is 2.84. The molecule has 3 rings (SSSR count). The van der Waals surface area contributed by atoms with Crippen LogP contribution in [0.15, 0.2) is 12.3 Å². The Kier molecular flexibility index (Phi) is 3.04. The minimum atomic E-state index is -0.431. The van der Waals surface area contributed by atoms with E-state index in [-0.39, 0.29) is 11.2 Å². The first-order valence-corrected chi connectivity index (χ1v) is 6.97. The first kappa shape index (κ1) is 14.3. The summed E-state index contributed by atoms with van der Waals surface area (Å²) in [5.74, 6) is 0.